The van der Waals surface area contributed by atoms with E-state index in [9.17, 15) is 4.79 Å². The van der Waals surface area contributed by atoms with E-state index in [0.29, 0.717) is 6.42 Å². The lowest BCUT2D eigenvalue weighted by Crippen LogP contribution is -2.15. The molecule has 0 aliphatic carbocycles. The summed E-state index contributed by atoms with van der Waals surface area (Å²) in [4.78, 5) is 11.6. The topological polar surface area (TPSA) is 38.3 Å². The molecule has 0 radical (unpaired) electrons. The van der Waals surface area contributed by atoms with Crippen LogP contribution in [-0.2, 0) is 9.53 Å². The Hall–Kier alpha value is -0.620. The van der Waals surface area contributed by atoms with Crippen molar-refractivity contribution < 1.29 is 9.53 Å². The minimum absolute atomic E-state index is 0.0332. The standard InChI is InChI=1S/C12H16INO2/c1-9(16-2)6-7-12(15)14-11-5-3-4-10(13)8-11/h3-5,8-9H,6-7H2,1-2H3,(H,14,15). The van der Waals surface area contributed by atoms with Crippen molar-refractivity contribution in [2.75, 3.05) is 12.4 Å². The van der Waals surface area contributed by atoms with Gasteiger partial charge in [0.25, 0.3) is 0 Å². The molecule has 1 N–H and O–H groups in total. The van der Waals surface area contributed by atoms with Crippen LogP contribution in [0.3, 0.4) is 0 Å². The first kappa shape index (κ1) is 13.4. The number of benzene rings is 1. The van der Waals surface area contributed by atoms with Crippen LogP contribution in [0.1, 0.15) is 19.8 Å². The third-order valence-corrected chi connectivity index (χ3v) is 2.96. The summed E-state index contributed by atoms with van der Waals surface area (Å²) >= 11 is 2.22. The van der Waals surface area contributed by atoms with E-state index in [0.717, 1.165) is 15.7 Å². The molecule has 1 aromatic carbocycles. The molecule has 3 nitrogen and oxygen atoms in total. The summed E-state index contributed by atoms with van der Waals surface area (Å²) in [6, 6.07) is 7.75. The number of hydrogen-bond donors (Lipinski definition) is 1. The second-order valence-corrected chi connectivity index (χ2v) is 4.89. The molecule has 1 rings (SSSR count). The van der Waals surface area contributed by atoms with Crippen molar-refractivity contribution in [1.29, 1.82) is 0 Å². The van der Waals surface area contributed by atoms with Crippen molar-refractivity contribution in [1.82, 2.24) is 0 Å². The van der Waals surface area contributed by atoms with E-state index < -0.39 is 0 Å². The second-order valence-electron chi connectivity index (χ2n) is 3.64. The number of ether oxygens (including phenoxy) is 1. The quantitative estimate of drug-likeness (QED) is 0.841. The monoisotopic (exact) mass is 333 g/mol. The van der Waals surface area contributed by atoms with E-state index in [1.54, 1.807) is 7.11 Å². The zero-order valence-electron chi connectivity index (χ0n) is 9.50. The minimum Gasteiger partial charge on any atom is -0.382 e. The molecular formula is C12H16INO2. The van der Waals surface area contributed by atoms with Crippen molar-refractivity contribution in [2.45, 2.75) is 25.9 Å². The normalized spacial score (nSPS) is 12.2. The second kappa shape index (κ2) is 6.85. The van der Waals surface area contributed by atoms with Gasteiger partial charge in [-0.05, 0) is 54.1 Å². The molecule has 0 aliphatic heterocycles. The average Bonchev–Trinajstić information content (AvgIpc) is 2.26. The molecule has 0 saturated carbocycles. The molecule has 1 unspecified atom stereocenters. The van der Waals surface area contributed by atoms with Crippen LogP contribution in [0.25, 0.3) is 0 Å². The first-order chi connectivity index (χ1) is 7.61. The van der Waals surface area contributed by atoms with E-state index in [1.165, 1.54) is 0 Å². The highest BCUT2D eigenvalue weighted by molar-refractivity contribution is 14.1. The van der Waals surface area contributed by atoms with Crippen LogP contribution in [0.5, 0.6) is 0 Å². The summed E-state index contributed by atoms with van der Waals surface area (Å²) in [5.41, 5.74) is 0.849. The number of halogens is 1. The largest absolute Gasteiger partial charge is 0.382 e. The predicted molar refractivity (Wildman–Crippen MR) is 73.5 cm³/mol. The van der Waals surface area contributed by atoms with E-state index in [-0.39, 0.29) is 12.0 Å². The van der Waals surface area contributed by atoms with Crippen LogP contribution in [0, 0.1) is 3.57 Å². The Balaban J connectivity index is 2.40. The van der Waals surface area contributed by atoms with Crippen molar-refractivity contribution in [3.05, 3.63) is 27.8 Å². The fourth-order valence-electron chi connectivity index (χ4n) is 1.24. The highest BCUT2D eigenvalue weighted by atomic mass is 127. The Bertz CT molecular complexity index is 355. The minimum atomic E-state index is 0.0332. The first-order valence-corrected chi connectivity index (χ1v) is 6.28. The SMILES string of the molecule is COC(C)CCC(=O)Nc1cccc(I)c1. The maximum absolute atomic E-state index is 11.6. The molecule has 4 heteroatoms. The highest BCUT2D eigenvalue weighted by Crippen LogP contribution is 2.13. The van der Waals surface area contributed by atoms with Gasteiger partial charge >= 0.3 is 0 Å². The molecule has 0 bridgehead atoms. The zero-order chi connectivity index (χ0) is 12.0. The van der Waals surface area contributed by atoms with Gasteiger partial charge in [-0.1, -0.05) is 6.07 Å². The van der Waals surface area contributed by atoms with Crippen LogP contribution >= 0.6 is 22.6 Å². The third kappa shape index (κ3) is 4.94. The van der Waals surface area contributed by atoms with Crippen LogP contribution in [-0.4, -0.2) is 19.1 Å². The summed E-state index contributed by atoms with van der Waals surface area (Å²) < 4.78 is 6.20. The van der Waals surface area contributed by atoms with E-state index >= 15 is 0 Å². The molecule has 1 atom stereocenters. The Morgan fingerprint density at radius 3 is 2.94 bits per heavy atom. The Labute approximate surface area is 110 Å². The van der Waals surface area contributed by atoms with Gasteiger partial charge in [0, 0.05) is 22.8 Å². The van der Waals surface area contributed by atoms with Gasteiger partial charge in [-0.15, -0.1) is 0 Å². The van der Waals surface area contributed by atoms with Gasteiger partial charge < -0.3 is 10.1 Å². The molecule has 1 aromatic rings. The lowest BCUT2D eigenvalue weighted by Gasteiger charge is -2.09. The molecular weight excluding hydrogens is 317 g/mol. The summed E-state index contributed by atoms with van der Waals surface area (Å²) in [5.74, 6) is 0.0332. The van der Waals surface area contributed by atoms with Crippen molar-refractivity contribution >= 4 is 34.2 Å². The van der Waals surface area contributed by atoms with Gasteiger partial charge in [0.2, 0.25) is 5.91 Å². The van der Waals surface area contributed by atoms with Gasteiger partial charge in [-0.2, -0.15) is 0 Å². The molecule has 1 amide bonds. The smallest absolute Gasteiger partial charge is 0.224 e. The fourth-order valence-corrected chi connectivity index (χ4v) is 1.79. The Morgan fingerprint density at radius 1 is 1.56 bits per heavy atom. The lowest BCUT2D eigenvalue weighted by atomic mass is 10.2. The predicted octanol–water partition coefficient (Wildman–Crippen LogP) is 3.04. The Morgan fingerprint density at radius 2 is 2.31 bits per heavy atom. The van der Waals surface area contributed by atoms with Crippen LogP contribution in [0.2, 0.25) is 0 Å². The van der Waals surface area contributed by atoms with Gasteiger partial charge in [0.05, 0.1) is 6.10 Å². The third-order valence-electron chi connectivity index (χ3n) is 2.29. The number of nitrogens with one attached hydrogen (secondary N) is 1. The fraction of sp³-hybridized carbons (Fsp3) is 0.417. The molecule has 16 heavy (non-hydrogen) atoms. The van der Waals surface area contributed by atoms with Crippen molar-refractivity contribution in [2.24, 2.45) is 0 Å². The highest BCUT2D eigenvalue weighted by Gasteiger charge is 2.06. The molecule has 88 valence electrons. The Kier molecular flexibility index (Phi) is 5.76. The summed E-state index contributed by atoms with van der Waals surface area (Å²) in [7, 11) is 1.65. The van der Waals surface area contributed by atoms with E-state index in [4.69, 9.17) is 4.74 Å². The van der Waals surface area contributed by atoms with E-state index in [2.05, 4.69) is 27.9 Å². The molecule has 0 heterocycles. The zero-order valence-corrected chi connectivity index (χ0v) is 11.7. The summed E-state index contributed by atoms with van der Waals surface area (Å²) in [6.07, 6.45) is 1.36. The van der Waals surface area contributed by atoms with Crippen LogP contribution in [0.15, 0.2) is 24.3 Å². The number of rotatable bonds is 5. The number of anilines is 1. The molecule has 0 saturated heterocycles. The van der Waals surface area contributed by atoms with E-state index in [1.807, 2.05) is 31.2 Å². The molecule has 0 aliphatic rings. The van der Waals surface area contributed by atoms with Crippen LogP contribution in [0.4, 0.5) is 5.69 Å². The van der Waals surface area contributed by atoms with Gasteiger partial charge in [0.1, 0.15) is 0 Å². The number of carbonyl (C=O) groups excluding carboxylic acids is 1. The molecule has 0 fully saturated rings. The number of hydrogen-bond acceptors (Lipinski definition) is 2. The first-order valence-electron chi connectivity index (χ1n) is 5.20. The van der Waals surface area contributed by atoms with Gasteiger partial charge in [-0.25, -0.2) is 0 Å². The average molecular weight is 333 g/mol. The maximum Gasteiger partial charge on any atom is 0.224 e. The summed E-state index contributed by atoms with van der Waals surface area (Å²) in [6.45, 7) is 1.96. The number of carbonyl (C=O) groups is 1. The van der Waals surface area contributed by atoms with Gasteiger partial charge in [0.15, 0.2) is 0 Å². The number of amides is 1. The number of methoxy groups -OCH3 is 1. The van der Waals surface area contributed by atoms with Crippen molar-refractivity contribution in [3.63, 3.8) is 0 Å². The molecule has 0 aromatic heterocycles. The maximum atomic E-state index is 11.6. The lowest BCUT2D eigenvalue weighted by molar-refractivity contribution is -0.116. The van der Waals surface area contributed by atoms with Gasteiger partial charge in [-0.3, -0.25) is 4.79 Å². The van der Waals surface area contributed by atoms with Crippen molar-refractivity contribution in [3.8, 4) is 0 Å². The molecule has 0 spiro atoms. The van der Waals surface area contributed by atoms with Crippen LogP contribution < -0.4 is 5.32 Å². The summed E-state index contributed by atoms with van der Waals surface area (Å²) in [5, 5.41) is 2.86.